The van der Waals surface area contributed by atoms with Gasteiger partial charge in [-0.1, -0.05) is 18.5 Å². The third-order valence-electron chi connectivity index (χ3n) is 3.64. The molecule has 146 valence electrons. The van der Waals surface area contributed by atoms with Gasteiger partial charge in [-0.25, -0.2) is 0 Å². The van der Waals surface area contributed by atoms with Crippen LogP contribution in [0.3, 0.4) is 0 Å². The van der Waals surface area contributed by atoms with Crippen molar-refractivity contribution in [3.05, 3.63) is 50.9 Å². The normalized spacial score (nSPS) is 10.5. The summed E-state index contributed by atoms with van der Waals surface area (Å²) in [5, 5.41) is 3.40. The summed E-state index contributed by atoms with van der Waals surface area (Å²) in [7, 11) is 1.52. The predicted octanol–water partition coefficient (Wildman–Crippen LogP) is 4.01. The maximum absolute atomic E-state index is 12.2. The summed E-state index contributed by atoms with van der Waals surface area (Å²) in [6, 6.07) is 4.95. The number of aromatic nitrogens is 1. The minimum Gasteiger partial charge on any atom is -0.495 e. The number of rotatable bonds is 9. The van der Waals surface area contributed by atoms with Crippen LogP contribution in [0, 0.1) is 6.92 Å². The Kier molecular flexibility index (Phi) is 8.06. The lowest BCUT2D eigenvalue weighted by atomic mass is 10.2. The Hall–Kier alpha value is -2.12. The van der Waals surface area contributed by atoms with Crippen molar-refractivity contribution in [1.29, 1.82) is 0 Å². The van der Waals surface area contributed by atoms with E-state index in [9.17, 15) is 9.59 Å². The van der Waals surface area contributed by atoms with Gasteiger partial charge in [-0.15, -0.1) is 11.8 Å². The quantitative estimate of drug-likeness (QED) is 0.652. The van der Waals surface area contributed by atoms with E-state index in [1.807, 2.05) is 13.8 Å². The van der Waals surface area contributed by atoms with Gasteiger partial charge in [0, 0.05) is 34.8 Å². The van der Waals surface area contributed by atoms with Crippen LogP contribution in [0.25, 0.3) is 0 Å². The summed E-state index contributed by atoms with van der Waals surface area (Å²) in [6.07, 6.45) is 2.40. The predicted molar refractivity (Wildman–Crippen MR) is 110 cm³/mol. The van der Waals surface area contributed by atoms with Gasteiger partial charge in [-0.3, -0.25) is 9.59 Å². The largest absolute Gasteiger partial charge is 0.495 e. The van der Waals surface area contributed by atoms with Gasteiger partial charge >= 0.3 is 0 Å². The molecule has 1 amide bonds. The summed E-state index contributed by atoms with van der Waals surface area (Å²) in [4.78, 5) is 27.2. The maximum atomic E-state index is 12.2. The summed E-state index contributed by atoms with van der Waals surface area (Å²) >= 11 is 7.47. The molecule has 0 atom stereocenters. The number of aryl methyl sites for hydroxylation is 1. The molecule has 2 N–H and O–H groups in total. The Labute approximate surface area is 167 Å². The van der Waals surface area contributed by atoms with Gasteiger partial charge in [-0.05, 0) is 25.0 Å². The van der Waals surface area contributed by atoms with Crippen molar-refractivity contribution in [2.75, 3.05) is 24.8 Å². The molecule has 0 aliphatic carbocycles. The topological polar surface area (TPSA) is 80.4 Å². The lowest BCUT2D eigenvalue weighted by Gasteiger charge is -2.12. The first kappa shape index (κ1) is 21.2. The molecule has 1 aromatic heterocycles. The second-order valence-corrected chi connectivity index (χ2v) is 7.27. The van der Waals surface area contributed by atoms with Gasteiger partial charge in [0.1, 0.15) is 5.75 Å². The number of amides is 1. The van der Waals surface area contributed by atoms with Gasteiger partial charge < -0.3 is 19.8 Å². The van der Waals surface area contributed by atoms with E-state index in [2.05, 4.69) is 10.3 Å². The number of hydrogen-bond donors (Lipinski definition) is 2. The average Bonchev–Trinajstić information content (AvgIpc) is 2.64. The summed E-state index contributed by atoms with van der Waals surface area (Å²) in [5.41, 5.74) is 2.00. The first-order valence-electron chi connectivity index (χ1n) is 8.50. The van der Waals surface area contributed by atoms with Crippen molar-refractivity contribution < 1.29 is 14.3 Å². The Morgan fingerprint density at radius 1 is 1.30 bits per heavy atom. The number of ether oxygens (including phenoxy) is 2. The van der Waals surface area contributed by atoms with Crippen LogP contribution < -0.4 is 20.2 Å². The van der Waals surface area contributed by atoms with Crippen LogP contribution in [0.4, 0.5) is 5.69 Å². The van der Waals surface area contributed by atoms with Gasteiger partial charge in [0.2, 0.25) is 11.3 Å². The molecular weight excluding hydrogens is 388 g/mol. The first-order valence-corrected chi connectivity index (χ1v) is 10.0. The minimum absolute atomic E-state index is 0.162. The molecule has 0 spiro atoms. The van der Waals surface area contributed by atoms with Gasteiger partial charge in [0.15, 0.2) is 5.75 Å². The van der Waals surface area contributed by atoms with Crippen LogP contribution in [0.15, 0.2) is 29.2 Å². The standard InChI is InChI=1S/C19H23ClN2O4S/c1-4-5-26-18-9-21-13(7-16(18)23)10-27-11-19(24)22-15-6-12(2)14(20)8-17(15)25-3/h6-9H,4-5,10-11H2,1-3H3,(H,21,23)(H,22,24). The molecule has 27 heavy (non-hydrogen) atoms. The van der Waals surface area contributed by atoms with Gasteiger partial charge in [0.05, 0.1) is 25.2 Å². The molecule has 1 aromatic carbocycles. The molecule has 0 radical (unpaired) electrons. The zero-order valence-corrected chi connectivity index (χ0v) is 17.1. The molecule has 0 unspecified atom stereocenters. The fourth-order valence-electron chi connectivity index (χ4n) is 2.28. The van der Waals surface area contributed by atoms with Crippen molar-refractivity contribution in [3.63, 3.8) is 0 Å². The SMILES string of the molecule is CCCOc1c[nH]c(CSCC(=O)Nc2cc(C)c(Cl)cc2OC)cc1=O. The van der Waals surface area contributed by atoms with Crippen LogP contribution in [0.1, 0.15) is 24.6 Å². The van der Waals surface area contributed by atoms with Crippen LogP contribution in [-0.2, 0) is 10.5 Å². The minimum atomic E-state index is -0.163. The molecule has 2 aromatic rings. The van der Waals surface area contributed by atoms with Crippen LogP contribution in [0.5, 0.6) is 11.5 Å². The summed E-state index contributed by atoms with van der Waals surface area (Å²) in [6.45, 7) is 4.34. The van der Waals surface area contributed by atoms with Crippen molar-refractivity contribution in [3.8, 4) is 11.5 Å². The van der Waals surface area contributed by atoms with Crippen LogP contribution in [-0.4, -0.2) is 30.4 Å². The molecule has 0 aliphatic rings. The number of benzene rings is 1. The molecular formula is C19H23ClN2O4S. The molecule has 0 fully saturated rings. The van der Waals surface area contributed by atoms with E-state index < -0.39 is 0 Å². The van der Waals surface area contributed by atoms with E-state index in [1.54, 1.807) is 18.3 Å². The number of H-pyrrole nitrogens is 1. The number of aromatic amines is 1. The van der Waals surface area contributed by atoms with Gasteiger partial charge in [-0.2, -0.15) is 0 Å². The maximum Gasteiger partial charge on any atom is 0.234 e. The molecule has 0 bridgehead atoms. The number of anilines is 1. The number of hydrogen-bond acceptors (Lipinski definition) is 5. The number of carbonyl (C=O) groups is 1. The number of halogens is 1. The number of carbonyl (C=O) groups excluding carboxylic acids is 1. The van der Waals surface area contributed by atoms with Crippen LogP contribution >= 0.6 is 23.4 Å². The Bertz CT molecular complexity index is 854. The molecule has 0 aliphatic heterocycles. The monoisotopic (exact) mass is 410 g/mol. The smallest absolute Gasteiger partial charge is 0.234 e. The summed E-state index contributed by atoms with van der Waals surface area (Å²) < 4.78 is 10.6. The van der Waals surface area contributed by atoms with Crippen LogP contribution in [0.2, 0.25) is 5.02 Å². The second kappa shape index (κ2) is 10.3. The van der Waals surface area contributed by atoms with E-state index in [4.69, 9.17) is 21.1 Å². The zero-order valence-electron chi connectivity index (χ0n) is 15.6. The average molecular weight is 411 g/mol. The zero-order chi connectivity index (χ0) is 19.8. The lowest BCUT2D eigenvalue weighted by molar-refractivity contribution is -0.113. The molecule has 1 heterocycles. The fourth-order valence-corrected chi connectivity index (χ4v) is 3.18. The third kappa shape index (κ3) is 6.22. The number of pyridine rings is 1. The highest BCUT2D eigenvalue weighted by Gasteiger charge is 2.11. The Balaban J connectivity index is 1.89. The molecule has 6 nitrogen and oxygen atoms in total. The van der Waals surface area contributed by atoms with Crippen molar-refractivity contribution >= 4 is 35.0 Å². The molecule has 2 rings (SSSR count). The Morgan fingerprint density at radius 3 is 2.74 bits per heavy atom. The van der Waals surface area contributed by atoms with E-state index in [0.717, 1.165) is 17.7 Å². The summed E-state index contributed by atoms with van der Waals surface area (Å²) in [5.74, 6) is 1.41. The molecule has 8 heteroatoms. The number of nitrogens with one attached hydrogen (secondary N) is 2. The van der Waals surface area contributed by atoms with E-state index in [1.165, 1.54) is 24.9 Å². The highest BCUT2D eigenvalue weighted by molar-refractivity contribution is 7.99. The fraction of sp³-hybridized carbons (Fsp3) is 0.368. The highest BCUT2D eigenvalue weighted by Crippen LogP contribution is 2.31. The number of methoxy groups -OCH3 is 1. The third-order valence-corrected chi connectivity index (χ3v) is 5.03. The number of thioether (sulfide) groups is 1. The Morgan fingerprint density at radius 2 is 2.07 bits per heavy atom. The van der Waals surface area contributed by atoms with Crippen molar-refractivity contribution in [1.82, 2.24) is 4.98 Å². The first-order chi connectivity index (χ1) is 12.9. The molecule has 0 saturated carbocycles. The van der Waals surface area contributed by atoms with Crippen molar-refractivity contribution in [2.45, 2.75) is 26.0 Å². The van der Waals surface area contributed by atoms with E-state index in [-0.39, 0.29) is 17.1 Å². The second-order valence-electron chi connectivity index (χ2n) is 5.88. The lowest BCUT2D eigenvalue weighted by Crippen LogP contribution is -2.15. The van der Waals surface area contributed by atoms with E-state index in [0.29, 0.717) is 34.6 Å². The van der Waals surface area contributed by atoms with Gasteiger partial charge in [0.25, 0.3) is 0 Å². The molecule has 0 saturated heterocycles. The van der Waals surface area contributed by atoms with E-state index >= 15 is 0 Å². The van der Waals surface area contributed by atoms with Crippen molar-refractivity contribution in [2.24, 2.45) is 0 Å². The highest BCUT2D eigenvalue weighted by atomic mass is 35.5.